The van der Waals surface area contributed by atoms with Crippen molar-refractivity contribution < 1.29 is 14.3 Å². The summed E-state index contributed by atoms with van der Waals surface area (Å²) in [5.41, 5.74) is 0.713. The number of piperidine rings is 1. The molecule has 1 aromatic rings. The molecule has 1 atom stereocenters. The lowest BCUT2D eigenvalue weighted by Crippen LogP contribution is -2.46. The largest absolute Gasteiger partial charge is 0.392 e. The summed E-state index contributed by atoms with van der Waals surface area (Å²) in [5.74, 6) is -0.0230. The lowest BCUT2D eigenvalue weighted by Gasteiger charge is -2.31. The highest BCUT2D eigenvalue weighted by Crippen LogP contribution is 2.14. The number of carbonyl (C=O) groups is 1. The molecule has 2 aliphatic heterocycles. The fourth-order valence-corrected chi connectivity index (χ4v) is 3.71. The summed E-state index contributed by atoms with van der Waals surface area (Å²) >= 11 is 0. The van der Waals surface area contributed by atoms with Crippen molar-refractivity contribution in [2.24, 2.45) is 0 Å². The minimum absolute atomic E-state index is 0.141. The lowest BCUT2D eigenvalue weighted by molar-refractivity contribution is -0.133. The molecule has 1 N–H and O–H groups in total. The zero-order valence-corrected chi connectivity index (χ0v) is 14.7. The van der Waals surface area contributed by atoms with Gasteiger partial charge in [0.05, 0.1) is 12.6 Å². The van der Waals surface area contributed by atoms with Crippen LogP contribution in [-0.4, -0.2) is 77.6 Å². The van der Waals surface area contributed by atoms with E-state index >= 15 is 0 Å². The van der Waals surface area contributed by atoms with Gasteiger partial charge in [0.25, 0.3) is 0 Å². The predicted octanol–water partition coefficient (Wildman–Crippen LogP) is 1.32. The van der Waals surface area contributed by atoms with E-state index in [-0.39, 0.29) is 17.8 Å². The monoisotopic (exact) mass is 349 g/mol. The number of β-amino-alcohol motifs (C(OH)–C–C–N with tert-alkyl or cyclic N) is 1. The predicted molar refractivity (Wildman–Crippen MR) is 94.6 cm³/mol. The number of hydrogen-bond donors (Lipinski definition) is 1. The number of rotatable bonds is 4. The van der Waals surface area contributed by atoms with E-state index in [2.05, 4.69) is 9.80 Å². The van der Waals surface area contributed by atoms with Gasteiger partial charge in [-0.15, -0.1) is 0 Å². The van der Waals surface area contributed by atoms with Gasteiger partial charge in [-0.05, 0) is 31.9 Å². The first-order valence-corrected chi connectivity index (χ1v) is 9.26. The van der Waals surface area contributed by atoms with Crippen molar-refractivity contribution in [2.45, 2.75) is 31.9 Å². The van der Waals surface area contributed by atoms with Crippen LogP contribution >= 0.6 is 0 Å². The number of carbonyl (C=O) groups excluding carboxylic acids is 1. The van der Waals surface area contributed by atoms with Crippen LogP contribution in [0, 0.1) is 5.82 Å². The molecular weight excluding hydrogens is 321 g/mol. The Kier molecular flexibility index (Phi) is 6.39. The SMILES string of the molecule is O=C(CN1CCCC(O)C1)N1CCCN(Cc2ccccc2F)CC1. The van der Waals surface area contributed by atoms with Crippen LogP contribution < -0.4 is 0 Å². The highest BCUT2D eigenvalue weighted by Gasteiger charge is 2.24. The zero-order valence-electron chi connectivity index (χ0n) is 14.7. The van der Waals surface area contributed by atoms with Crippen molar-refractivity contribution in [1.29, 1.82) is 0 Å². The van der Waals surface area contributed by atoms with Crippen molar-refractivity contribution in [3.05, 3.63) is 35.6 Å². The maximum absolute atomic E-state index is 13.8. The van der Waals surface area contributed by atoms with Crippen LogP contribution in [-0.2, 0) is 11.3 Å². The van der Waals surface area contributed by atoms with E-state index < -0.39 is 0 Å². The third kappa shape index (κ3) is 5.23. The van der Waals surface area contributed by atoms with Gasteiger partial charge in [-0.3, -0.25) is 14.6 Å². The first-order valence-electron chi connectivity index (χ1n) is 9.26. The van der Waals surface area contributed by atoms with E-state index in [1.807, 2.05) is 17.0 Å². The van der Waals surface area contributed by atoms with Gasteiger partial charge in [0.15, 0.2) is 0 Å². The minimum atomic E-state index is -0.304. The quantitative estimate of drug-likeness (QED) is 0.891. The number of benzene rings is 1. The normalized spacial score (nSPS) is 23.4. The standard InChI is InChI=1S/C19H28FN3O2/c20-18-7-2-1-5-16(18)13-21-9-4-10-23(12-11-21)19(25)15-22-8-3-6-17(24)14-22/h1-2,5,7,17,24H,3-4,6,8-15H2. The third-order valence-electron chi connectivity index (χ3n) is 5.13. The first-order chi connectivity index (χ1) is 12.1. The fraction of sp³-hybridized carbons (Fsp3) is 0.632. The Morgan fingerprint density at radius 2 is 1.88 bits per heavy atom. The molecule has 1 amide bonds. The average Bonchev–Trinajstić information content (AvgIpc) is 2.83. The van der Waals surface area contributed by atoms with Gasteiger partial charge in [0, 0.05) is 44.8 Å². The number of nitrogens with zero attached hydrogens (tertiary/aromatic N) is 3. The summed E-state index contributed by atoms with van der Waals surface area (Å²) in [6, 6.07) is 6.89. The third-order valence-corrected chi connectivity index (χ3v) is 5.13. The fourth-order valence-electron chi connectivity index (χ4n) is 3.71. The highest BCUT2D eigenvalue weighted by atomic mass is 19.1. The van der Waals surface area contributed by atoms with E-state index in [1.165, 1.54) is 6.07 Å². The van der Waals surface area contributed by atoms with E-state index in [1.54, 1.807) is 6.07 Å². The Labute approximate surface area is 149 Å². The second-order valence-corrected chi connectivity index (χ2v) is 7.13. The smallest absolute Gasteiger partial charge is 0.236 e. The molecule has 0 radical (unpaired) electrons. The average molecular weight is 349 g/mol. The Balaban J connectivity index is 1.49. The molecule has 25 heavy (non-hydrogen) atoms. The van der Waals surface area contributed by atoms with Gasteiger partial charge < -0.3 is 10.0 Å². The molecule has 138 valence electrons. The van der Waals surface area contributed by atoms with Crippen LogP contribution in [0.2, 0.25) is 0 Å². The second-order valence-electron chi connectivity index (χ2n) is 7.13. The maximum atomic E-state index is 13.8. The van der Waals surface area contributed by atoms with Gasteiger partial charge in [-0.1, -0.05) is 18.2 Å². The van der Waals surface area contributed by atoms with Crippen LogP contribution in [0.15, 0.2) is 24.3 Å². The Morgan fingerprint density at radius 1 is 1.08 bits per heavy atom. The minimum Gasteiger partial charge on any atom is -0.392 e. The highest BCUT2D eigenvalue weighted by molar-refractivity contribution is 5.78. The lowest BCUT2D eigenvalue weighted by atomic mass is 10.1. The molecule has 6 heteroatoms. The van der Waals surface area contributed by atoms with Crippen molar-refractivity contribution in [3.8, 4) is 0 Å². The summed E-state index contributed by atoms with van der Waals surface area (Å²) in [4.78, 5) is 18.8. The van der Waals surface area contributed by atoms with Crippen LogP contribution in [0.25, 0.3) is 0 Å². The number of hydrogen-bond acceptors (Lipinski definition) is 4. The molecule has 2 aliphatic rings. The number of aliphatic hydroxyl groups excluding tert-OH is 1. The molecule has 1 unspecified atom stereocenters. The van der Waals surface area contributed by atoms with E-state index in [9.17, 15) is 14.3 Å². The number of aliphatic hydroxyl groups is 1. The summed E-state index contributed by atoms with van der Waals surface area (Å²) in [7, 11) is 0. The second kappa shape index (κ2) is 8.74. The molecule has 0 bridgehead atoms. The molecule has 0 saturated carbocycles. The molecule has 2 saturated heterocycles. The zero-order chi connectivity index (χ0) is 17.6. The molecule has 2 fully saturated rings. The van der Waals surface area contributed by atoms with Crippen molar-refractivity contribution in [2.75, 3.05) is 45.8 Å². The summed E-state index contributed by atoms with van der Waals surface area (Å²) < 4.78 is 13.8. The number of amides is 1. The Morgan fingerprint density at radius 3 is 2.68 bits per heavy atom. The molecule has 0 aromatic heterocycles. The van der Waals surface area contributed by atoms with Gasteiger partial charge in [-0.25, -0.2) is 4.39 Å². The summed E-state index contributed by atoms with van der Waals surface area (Å²) in [5, 5.41) is 9.74. The molecule has 2 heterocycles. The maximum Gasteiger partial charge on any atom is 0.236 e. The van der Waals surface area contributed by atoms with Crippen LogP contribution in [0.1, 0.15) is 24.8 Å². The molecule has 0 spiro atoms. The number of halogens is 1. The Hall–Kier alpha value is -1.50. The molecule has 3 rings (SSSR count). The van der Waals surface area contributed by atoms with E-state index in [0.717, 1.165) is 45.4 Å². The topological polar surface area (TPSA) is 47.0 Å². The molecule has 0 aliphatic carbocycles. The molecule has 5 nitrogen and oxygen atoms in total. The Bertz CT molecular complexity index is 584. The number of likely N-dealkylation sites (tertiary alicyclic amines) is 1. The van der Waals surface area contributed by atoms with E-state index in [4.69, 9.17) is 0 Å². The molecular formula is C19H28FN3O2. The molecule has 1 aromatic carbocycles. The van der Waals surface area contributed by atoms with Crippen LogP contribution in [0.4, 0.5) is 4.39 Å². The summed E-state index contributed by atoms with van der Waals surface area (Å²) in [6.07, 6.45) is 2.38. The van der Waals surface area contributed by atoms with E-state index in [0.29, 0.717) is 31.7 Å². The van der Waals surface area contributed by atoms with Crippen LogP contribution in [0.3, 0.4) is 0 Å². The van der Waals surface area contributed by atoms with Gasteiger partial charge >= 0.3 is 0 Å². The van der Waals surface area contributed by atoms with Crippen molar-refractivity contribution >= 4 is 5.91 Å². The van der Waals surface area contributed by atoms with Crippen molar-refractivity contribution in [1.82, 2.24) is 14.7 Å². The van der Waals surface area contributed by atoms with Crippen LogP contribution in [0.5, 0.6) is 0 Å². The van der Waals surface area contributed by atoms with Gasteiger partial charge in [0.1, 0.15) is 5.82 Å². The van der Waals surface area contributed by atoms with Gasteiger partial charge in [-0.2, -0.15) is 0 Å². The van der Waals surface area contributed by atoms with Crippen molar-refractivity contribution in [3.63, 3.8) is 0 Å². The van der Waals surface area contributed by atoms with Gasteiger partial charge in [0.2, 0.25) is 5.91 Å². The summed E-state index contributed by atoms with van der Waals surface area (Å²) in [6.45, 7) is 5.54. The first kappa shape index (κ1) is 18.3.